The van der Waals surface area contributed by atoms with Crippen LogP contribution in [0.1, 0.15) is 17.0 Å². The monoisotopic (exact) mass is 501 g/mol. The lowest BCUT2D eigenvalue weighted by molar-refractivity contribution is 0.122. The van der Waals surface area contributed by atoms with Crippen LogP contribution in [0.2, 0.25) is 0 Å². The van der Waals surface area contributed by atoms with Gasteiger partial charge in [0.25, 0.3) is 0 Å². The molecule has 0 unspecified atom stereocenters. The molecule has 0 amide bonds. The van der Waals surface area contributed by atoms with Gasteiger partial charge in [-0.3, -0.25) is 15.5 Å². The van der Waals surface area contributed by atoms with Gasteiger partial charge in [0, 0.05) is 49.3 Å². The standard InChI is InChI=1S/C25H27N9OS/c1-18-3-2-4-19(15-18)17-27-31-22-16-23(34-10-12-35-13-11-34)29-21(28-22)7-14-36-25-30-24(32-33-25)20-5-8-26-9-6-20/h2-6,8-9,15-17H,7,10-14H2,1H3,(H,28,29,31)(H,30,32,33). The highest BCUT2D eigenvalue weighted by atomic mass is 32.2. The second-order valence-corrected chi connectivity index (χ2v) is 9.27. The predicted octanol–water partition coefficient (Wildman–Crippen LogP) is 3.58. The van der Waals surface area contributed by atoms with E-state index in [0.717, 1.165) is 47.4 Å². The Labute approximate surface area is 213 Å². The molecule has 1 saturated heterocycles. The van der Waals surface area contributed by atoms with Gasteiger partial charge in [0.15, 0.2) is 11.6 Å². The van der Waals surface area contributed by atoms with Crippen molar-refractivity contribution in [3.05, 3.63) is 71.8 Å². The average Bonchev–Trinajstić information content (AvgIpc) is 3.39. The normalized spacial score (nSPS) is 13.9. The van der Waals surface area contributed by atoms with Gasteiger partial charge in [-0.2, -0.15) is 5.10 Å². The van der Waals surface area contributed by atoms with Crippen LogP contribution in [-0.2, 0) is 11.2 Å². The van der Waals surface area contributed by atoms with Crippen LogP contribution >= 0.6 is 11.8 Å². The molecule has 3 aromatic heterocycles. The first-order valence-corrected chi connectivity index (χ1v) is 12.7. The summed E-state index contributed by atoms with van der Waals surface area (Å²) in [7, 11) is 0. The molecular weight excluding hydrogens is 474 g/mol. The molecule has 184 valence electrons. The molecule has 10 nitrogen and oxygen atoms in total. The molecule has 4 aromatic rings. The smallest absolute Gasteiger partial charge is 0.208 e. The maximum atomic E-state index is 5.51. The number of aryl methyl sites for hydroxylation is 2. The molecule has 0 bridgehead atoms. The highest BCUT2D eigenvalue weighted by Gasteiger charge is 2.15. The number of nitrogens with zero attached hydrogens (tertiary/aromatic N) is 7. The van der Waals surface area contributed by atoms with Gasteiger partial charge < -0.3 is 9.64 Å². The second-order valence-electron chi connectivity index (χ2n) is 8.21. The molecule has 0 saturated carbocycles. The summed E-state index contributed by atoms with van der Waals surface area (Å²) in [6, 6.07) is 13.9. The van der Waals surface area contributed by atoms with Crippen LogP contribution in [0.15, 0.2) is 65.1 Å². The summed E-state index contributed by atoms with van der Waals surface area (Å²) in [6.45, 7) is 5.03. The quantitative estimate of drug-likeness (QED) is 0.202. The van der Waals surface area contributed by atoms with Crippen LogP contribution < -0.4 is 10.3 Å². The van der Waals surface area contributed by atoms with Crippen molar-refractivity contribution >= 4 is 29.6 Å². The third kappa shape index (κ3) is 6.43. The molecule has 0 radical (unpaired) electrons. The molecule has 0 spiro atoms. The summed E-state index contributed by atoms with van der Waals surface area (Å²) >= 11 is 1.56. The molecule has 4 heterocycles. The van der Waals surface area contributed by atoms with Crippen molar-refractivity contribution in [1.82, 2.24) is 30.1 Å². The topological polar surface area (TPSA) is 117 Å². The molecule has 5 rings (SSSR count). The lowest BCUT2D eigenvalue weighted by Gasteiger charge is -2.28. The van der Waals surface area contributed by atoms with Gasteiger partial charge in [-0.15, -0.1) is 5.10 Å². The molecule has 1 fully saturated rings. The fourth-order valence-electron chi connectivity index (χ4n) is 3.71. The van der Waals surface area contributed by atoms with Gasteiger partial charge in [-0.1, -0.05) is 41.6 Å². The largest absolute Gasteiger partial charge is 0.378 e. The number of thioether (sulfide) groups is 1. The third-order valence-electron chi connectivity index (χ3n) is 5.50. The number of morpholine rings is 1. The second kappa shape index (κ2) is 11.7. The number of ether oxygens (including phenoxy) is 1. The SMILES string of the molecule is Cc1cccc(C=NNc2cc(N3CCOCC3)nc(CCSc3n[nH]c(-c4ccncc4)n3)n2)c1. The van der Waals surface area contributed by atoms with Crippen LogP contribution in [-0.4, -0.2) is 68.4 Å². The molecule has 1 aliphatic heterocycles. The van der Waals surface area contributed by atoms with Gasteiger partial charge in [0.2, 0.25) is 5.16 Å². The summed E-state index contributed by atoms with van der Waals surface area (Å²) in [4.78, 5) is 20.3. The predicted molar refractivity (Wildman–Crippen MR) is 142 cm³/mol. The van der Waals surface area contributed by atoms with Gasteiger partial charge in [0.05, 0.1) is 19.4 Å². The number of anilines is 2. The van der Waals surface area contributed by atoms with E-state index >= 15 is 0 Å². The Hall–Kier alpha value is -3.83. The van der Waals surface area contributed by atoms with E-state index in [-0.39, 0.29) is 0 Å². The van der Waals surface area contributed by atoms with Crippen molar-refractivity contribution in [2.45, 2.75) is 18.5 Å². The van der Waals surface area contributed by atoms with Crippen molar-refractivity contribution in [2.75, 3.05) is 42.4 Å². The van der Waals surface area contributed by atoms with E-state index < -0.39 is 0 Å². The molecule has 2 N–H and O–H groups in total. The van der Waals surface area contributed by atoms with Crippen LogP contribution in [0, 0.1) is 6.92 Å². The molecule has 11 heteroatoms. The first-order chi connectivity index (χ1) is 17.7. The lowest BCUT2D eigenvalue weighted by Crippen LogP contribution is -2.37. The summed E-state index contributed by atoms with van der Waals surface area (Å²) in [5.41, 5.74) is 6.25. The van der Waals surface area contributed by atoms with Crippen LogP contribution in [0.5, 0.6) is 0 Å². The number of hydrogen-bond acceptors (Lipinski definition) is 10. The number of H-pyrrole nitrogens is 1. The van der Waals surface area contributed by atoms with Crippen molar-refractivity contribution in [3.8, 4) is 11.4 Å². The fraction of sp³-hybridized carbons (Fsp3) is 0.280. The number of benzene rings is 1. The van der Waals surface area contributed by atoms with Crippen molar-refractivity contribution in [1.29, 1.82) is 0 Å². The number of nitrogens with one attached hydrogen (secondary N) is 2. The minimum Gasteiger partial charge on any atom is -0.378 e. The minimum atomic E-state index is 0.660. The Kier molecular flexibility index (Phi) is 7.79. The Morgan fingerprint density at radius 3 is 2.81 bits per heavy atom. The van der Waals surface area contributed by atoms with E-state index in [1.807, 2.05) is 30.3 Å². The van der Waals surface area contributed by atoms with E-state index in [2.05, 4.69) is 54.6 Å². The summed E-state index contributed by atoms with van der Waals surface area (Å²) in [6.07, 6.45) is 5.93. The minimum absolute atomic E-state index is 0.660. The number of aromatic amines is 1. The summed E-state index contributed by atoms with van der Waals surface area (Å²) in [5, 5.41) is 12.4. The van der Waals surface area contributed by atoms with Crippen molar-refractivity contribution in [3.63, 3.8) is 0 Å². The number of hydrazone groups is 1. The van der Waals surface area contributed by atoms with E-state index in [1.165, 1.54) is 5.56 Å². The average molecular weight is 502 g/mol. The zero-order chi connectivity index (χ0) is 24.6. The zero-order valence-corrected chi connectivity index (χ0v) is 20.8. The fourth-order valence-corrected chi connectivity index (χ4v) is 4.45. The Bertz CT molecular complexity index is 1310. The molecule has 0 aliphatic carbocycles. The highest BCUT2D eigenvalue weighted by molar-refractivity contribution is 7.99. The maximum absolute atomic E-state index is 5.51. The van der Waals surface area contributed by atoms with Gasteiger partial charge in [0.1, 0.15) is 11.6 Å². The van der Waals surface area contributed by atoms with E-state index in [0.29, 0.717) is 30.6 Å². The number of pyridine rings is 1. The first kappa shape index (κ1) is 23.9. The number of hydrogen-bond donors (Lipinski definition) is 2. The molecule has 1 aliphatic rings. The number of rotatable bonds is 9. The van der Waals surface area contributed by atoms with E-state index in [4.69, 9.17) is 14.7 Å². The Morgan fingerprint density at radius 1 is 1.11 bits per heavy atom. The maximum Gasteiger partial charge on any atom is 0.208 e. The van der Waals surface area contributed by atoms with Crippen LogP contribution in [0.3, 0.4) is 0 Å². The highest BCUT2D eigenvalue weighted by Crippen LogP contribution is 2.21. The van der Waals surface area contributed by atoms with Crippen LogP contribution in [0.25, 0.3) is 11.4 Å². The van der Waals surface area contributed by atoms with E-state index in [1.54, 1.807) is 30.4 Å². The summed E-state index contributed by atoms with van der Waals surface area (Å²) < 4.78 is 5.51. The molecular formula is C25H27N9OS. The van der Waals surface area contributed by atoms with Crippen molar-refractivity contribution < 1.29 is 4.74 Å². The summed E-state index contributed by atoms with van der Waals surface area (Å²) in [5.74, 6) is 3.74. The van der Waals surface area contributed by atoms with Gasteiger partial charge in [-0.05, 0) is 24.6 Å². The van der Waals surface area contributed by atoms with Crippen molar-refractivity contribution in [2.24, 2.45) is 5.10 Å². The Morgan fingerprint density at radius 2 is 1.97 bits per heavy atom. The molecule has 0 atom stereocenters. The number of aromatic nitrogens is 6. The lowest BCUT2D eigenvalue weighted by atomic mass is 10.2. The van der Waals surface area contributed by atoms with Gasteiger partial charge in [-0.25, -0.2) is 15.0 Å². The molecule has 1 aromatic carbocycles. The zero-order valence-electron chi connectivity index (χ0n) is 20.0. The van der Waals surface area contributed by atoms with Crippen LogP contribution in [0.4, 0.5) is 11.6 Å². The first-order valence-electron chi connectivity index (χ1n) is 11.7. The third-order valence-corrected chi connectivity index (χ3v) is 6.35. The van der Waals surface area contributed by atoms with E-state index in [9.17, 15) is 0 Å². The van der Waals surface area contributed by atoms with Gasteiger partial charge >= 0.3 is 0 Å². The molecule has 36 heavy (non-hydrogen) atoms. The Balaban J connectivity index is 1.26.